The summed E-state index contributed by atoms with van der Waals surface area (Å²) in [4.78, 5) is 32.3. The Labute approximate surface area is 158 Å². The minimum absolute atomic E-state index is 0.188. The van der Waals surface area contributed by atoms with Crippen LogP contribution in [0.3, 0.4) is 0 Å². The van der Waals surface area contributed by atoms with E-state index in [-0.39, 0.29) is 12.0 Å². The third-order valence-electron chi connectivity index (χ3n) is 4.42. The zero-order valence-electron chi connectivity index (χ0n) is 15.6. The van der Waals surface area contributed by atoms with Crippen molar-refractivity contribution in [1.29, 1.82) is 0 Å². The van der Waals surface area contributed by atoms with E-state index in [1.54, 1.807) is 24.1 Å². The molecule has 7 heteroatoms. The van der Waals surface area contributed by atoms with Gasteiger partial charge >= 0.3 is 6.09 Å². The van der Waals surface area contributed by atoms with E-state index >= 15 is 0 Å². The monoisotopic (exact) mass is 368 g/mol. The van der Waals surface area contributed by atoms with Crippen LogP contribution in [0.1, 0.15) is 22.8 Å². The van der Waals surface area contributed by atoms with Crippen LogP contribution in [0.15, 0.2) is 42.6 Å². The SMILES string of the molecule is CCOC(=O)N1CCN(c2ccc(C(=O)Nc3cccc(C)c3)cn2)CC1. The third kappa shape index (κ3) is 4.75. The average Bonchev–Trinajstić information content (AvgIpc) is 2.68. The van der Waals surface area contributed by atoms with Crippen molar-refractivity contribution in [2.24, 2.45) is 0 Å². The standard InChI is InChI=1S/C20H24N4O3/c1-3-27-20(26)24-11-9-23(10-12-24)18-8-7-16(14-21-18)19(25)22-17-6-4-5-15(2)13-17/h4-8,13-14H,3,9-12H2,1-2H3,(H,22,25). The highest BCUT2D eigenvalue weighted by molar-refractivity contribution is 6.04. The number of aryl methyl sites for hydroxylation is 1. The molecule has 1 aromatic carbocycles. The van der Waals surface area contributed by atoms with Gasteiger partial charge in [-0.25, -0.2) is 9.78 Å². The molecule has 27 heavy (non-hydrogen) atoms. The van der Waals surface area contributed by atoms with E-state index in [4.69, 9.17) is 4.74 Å². The van der Waals surface area contributed by atoms with Gasteiger partial charge in [0, 0.05) is 38.1 Å². The Balaban J connectivity index is 1.57. The van der Waals surface area contributed by atoms with Gasteiger partial charge in [0.15, 0.2) is 0 Å². The number of carbonyl (C=O) groups excluding carboxylic acids is 2. The van der Waals surface area contributed by atoms with Gasteiger partial charge in [-0.3, -0.25) is 4.79 Å². The molecule has 1 aliphatic heterocycles. The summed E-state index contributed by atoms with van der Waals surface area (Å²) in [6.45, 7) is 6.71. The van der Waals surface area contributed by atoms with Gasteiger partial charge in [-0.1, -0.05) is 12.1 Å². The quantitative estimate of drug-likeness (QED) is 0.898. The van der Waals surface area contributed by atoms with Crippen LogP contribution in [-0.2, 0) is 4.74 Å². The molecule has 142 valence electrons. The second-order valence-corrected chi connectivity index (χ2v) is 6.40. The highest BCUT2D eigenvalue weighted by Gasteiger charge is 2.22. The zero-order valence-corrected chi connectivity index (χ0v) is 15.6. The lowest BCUT2D eigenvalue weighted by atomic mass is 10.2. The lowest BCUT2D eigenvalue weighted by molar-refractivity contribution is 0.102. The normalized spacial score (nSPS) is 14.0. The van der Waals surface area contributed by atoms with Crippen molar-refractivity contribution in [2.75, 3.05) is 43.0 Å². The van der Waals surface area contributed by atoms with E-state index in [2.05, 4.69) is 15.2 Å². The van der Waals surface area contributed by atoms with E-state index in [9.17, 15) is 9.59 Å². The fraction of sp³-hybridized carbons (Fsp3) is 0.350. The zero-order chi connectivity index (χ0) is 19.2. The van der Waals surface area contributed by atoms with Crippen molar-refractivity contribution in [3.63, 3.8) is 0 Å². The molecule has 0 bridgehead atoms. The predicted molar refractivity (Wildman–Crippen MR) is 104 cm³/mol. The molecule has 0 radical (unpaired) electrons. The molecule has 2 aromatic rings. The summed E-state index contributed by atoms with van der Waals surface area (Å²) in [7, 11) is 0. The molecule has 3 rings (SSSR count). The number of rotatable bonds is 4. The van der Waals surface area contributed by atoms with Gasteiger partial charge in [-0.05, 0) is 43.7 Å². The highest BCUT2D eigenvalue weighted by Crippen LogP contribution is 2.16. The van der Waals surface area contributed by atoms with Crippen molar-refractivity contribution in [3.05, 3.63) is 53.7 Å². The molecule has 2 heterocycles. The minimum Gasteiger partial charge on any atom is -0.450 e. The third-order valence-corrected chi connectivity index (χ3v) is 4.42. The number of ether oxygens (including phenoxy) is 1. The lowest BCUT2D eigenvalue weighted by Gasteiger charge is -2.34. The molecule has 1 aliphatic rings. The number of carbonyl (C=O) groups is 2. The minimum atomic E-state index is -0.270. The predicted octanol–water partition coefficient (Wildman–Crippen LogP) is 2.92. The maximum absolute atomic E-state index is 12.4. The van der Waals surface area contributed by atoms with Crippen LogP contribution < -0.4 is 10.2 Å². The Morgan fingerprint density at radius 3 is 2.56 bits per heavy atom. The smallest absolute Gasteiger partial charge is 0.409 e. The Morgan fingerprint density at radius 2 is 1.93 bits per heavy atom. The fourth-order valence-electron chi connectivity index (χ4n) is 2.97. The molecule has 1 fully saturated rings. The second kappa shape index (κ2) is 8.53. The van der Waals surface area contributed by atoms with E-state index in [0.717, 1.165) is 17.1 Å². The first-order valence-corrected chi connectivity index (χ1v) is 9.07. The fourth-order valence-corrected chi connectivity index (χ4v) is 2.97. The molecule has 0 saturated carbocycles. The summed E-state index contributed by atoms with van der Waals surface area (Å²) in [5, 5.41) is 2.88. The Hall–Kier alpha value is -3.09. The summed E-state index contributed by atoms with van der Waals surface area (Å²) in [5.41, 5.74) is 2.35. The van der Waals surface area contributed by atoms with Gasteiger partial charge in [-0.2, -0.15) is 0 Å². The molecule has 1 N–H and O–H groups in total. The molecule has 7 nitrogen and oxygen atoms in total. The molecule has 1 saturated heterocycles. The molecule has 0 atom stereocenters. The summed E-state index contributed by atoms with van der Waals surface area (Å²) in [5.74, 6) is 0.609. The molecule has 0 spiro atoms. The van der Waals surface area contributed by atoms with Crippen molar-refractivity contribution in [1.82, 2.24) is 9.88 Å². The van der Waals surface area contributed by atoms with E-state index < -0.39 is 0 Å². The van der Waals surface area contributed by atoms with Crippen LogP contribution in [0.4, 0.5) is 16.3 Å². The maximum atomic E-state index is 12.4. The molecule has 0 aliphatic carbocycles. The molecular formula is C20H24N4O3. The van der Waals surface area contributed by atoms with Crippen molar-refractivity contribution < 1.29 is 14.3 Å². The number of benzene rings is 1. The van der Waals surface area contributed by atoms with Gasteiger partial charge in [-0.15, -0.1) is 0 Å². The topological polar surface area (TPSA) is 74.8 Å². The van der Waals surface area contributed by atoms with Crippen molar-refractivity contribution >= 4 is 23.5 Å². The first kappa shape index (κ1) is 18.7. The number of amides is 2. The molecule has 0 unspecified atom stereocenters. The van der Waals surface area contributed by atoms with Gasteiger partial charge in [0.25, 0.3) is 5.91 Å². The number of hydrogen-bond acceptors (Lipinski definition) is 5. The van der Waals surface area contributed by atoms with Gasteiger partial charge in [0.1, 0.15) is 5.82 Å². The number of aromatic nitrogens is 1. The van der Waals surface area contributed by atoms with Crippen LogP contribution in [0, 0.1) is 6.92 Å². The Morgan fingerprint density at radius 1 is 1.15 bits per heavy atom. The largest absolute Gasteiger partial charge is 0.450 e. The van der Waals surface area contributed by atoms with Crippen molar-refractivity contribution in [2.45, 2.75) is 13.8 Å². The summed E-state index contributed by atoms with van der Waals surface area (Å²) in [6, 6.07) is 11.3. The first-order chi connectivity index (χ1) is 13.1. The van der Waals surface area contributed by atoms with Crippen LogP contribution in [0.25, 0.3) is 0 Å². The Bertz CT molecular complexity index is 799. The van der Waals surface area contributed by atoms with Crippen LogP contribution in [-0.4, -0.2) is 54.7 Å². The van der Waals surface area contributed by atoms with E-state index in [0.29, 0.717) is 38.3 Å². The number of nitrogens with zero attached hydrogens (tertiary/aromatic N) is 3. The van der Waals surface area contributed by atoms with Gasteiger partial charge < -0.3 is 19.9 Å². The van der Waals surface area contributed by atoms with Crippen LogP contribution in [0.5, 0.6) is 0 Å². The van der Waals surface area contributed by atoms with Gasteiger partial charge in [0.2, 0.25) is 0 Å². The summed E-state index contributed by atoms with van der Waals surface area (Å²) < 4.78 is 5.03. The number of pyridine rings is 1. The second-order valence-electron chi connectivity index (χ2n) is 6.40. The lowest BCUT2D eigenvalue weighted by Crippen LogP contribution is -2.49. The van der Waals surface area contributed by atoms with Crippen molar-refractivity contribution in [3.8, 4) is 0 Å². The number of nitrogens with one attached hydrogen (secondary N) is 1. The average molecular weight is 368 g/mol. The first-order valence-electron chi connectivity index (χ1n) is 9.07. The van der Waals surface area contributed by atoms with Crippen LogP contribution >= 0.6 is 0 Å². The highest BCUT2D eigenvalue weighted by atomic mass is 16.6. The maximum Gasteiger partial charge on any atom is 0.409 e. The van der Waals surface area contributed by atoms with E-state index in [1.165, 1.54) is 0 Å². The summed E-state index contributed by atoms with van der Waals surface area (Å²) in [6.07, 6.45) is 1.31. The van der Waals surface area contributed by atoms with Crippen LogP contribution in [0.2, 0.25) is 0 Å². The number of hydrogen-bond donors (Lipinski definition) is 1. The van der Waals surface area contributed by atoms with Gasteiger partial charge in [0.05, 0.1) is 12.2 Å². The summed E-state index contributed by atoms with van der Waals surface area (Å²) >= 11 is 0. The molecule has 2 amide bonds. The Kier molecular flexibility index (Phi) is 5.90. The molecule has 1 aromatic heterocycles. The van der Waals surface area contributed by atoms with E-state index in [1.807, 2.05) is 37.3 Å². The number of anilines is 2. The molecular weight excluding hydrogens is 344 g/mol. The number of piperazine rings is 1.